The van der Waals surface area contributed by atoms with Crippen LogP contribution < -0.4 is 0 Å². The summed E-state index contributed by atoms with van der Waals surface area (Å²) < 4.78 is 5.96. The first-order chi connectivity index (χ1) is 13.6. The fraction of sp³-hybridized carbons (Fsp3) is 0.458. The number of carbonyl (C=O) groups is 1. The highest BCUT2D eigenvalue weighted by Crippen LogP contribution is 2.30. The number of rotatable bonds is 9. The van der Waals surface area contributed by atoms with Crippen molar-refractivity contribution in [1.29, 1.82) is 0 Å². The summed E-state index contributed by atoms with van der Waals surface area (Å²) >= 11 is 0. The molecule has 0 spiro atoms. The lowest BCUT2D eigenvalue weighted by atomic mass is 9.86. The number of ether oxygens (including phenoxy) is 1. The predicted molar refractivity (Wildman–Crippen MR) is 119 cm³/mol. The normalized spacial score (nSPS) is 18.0. The number of carboxylic acids is 1. The molecule has 1 fully saturated rings. The molecule has 158 valence electrons. The zero-order chi connectivity index (χ0) is 19.8. The Morgan fingerprint density at radius 2 is 1.86 bits per heavy atom. The van der Waals surface area contributed by atoms with Crippen molar-refractivity contribution in [2.45, 2.75) is 32.1 Å². The molecule has 1 heterocycles. The van der Waals surface area contributed by atoms with Gasteiger partial charge in [0.2, 0.25) is 0 Å². The molecule has 0 amide bonds. The number of likely N-dealkylation sites (tertiary alicyclic amines) is 1. The topological polar surface area (TPSA) is 49.8 Å². The van der Waals surface area contributed by atoms with Crippen LogP contribution in [0.15, 0.2) is 54.6 Å². The lowest BCUT2D eigenvalue weighted by Gasteiger charge is -2.30. The van der Waals surface area contributed by atoms with Crippen molar-refractivity contribution in [1.82, 2.24) is 4.90 Å². The Labute approximate surface area is 180 Å². The van der Waals surface area contributed by atoms with Crippen molar-refractivity contribution in [3.05, 3.63) is 71.3 Å². The Kier molecular flexibility index (Phi) is 9.65. The number of benzene rings is 2. The molecular formula is C24H32ClNO3. The summed E-state index contributed by atoms with van der Waals surface area (Å²) in [4.78, 5) is 13.4. The number of aryl methyl sites for hydroxylation is 1. The van der Waals surface area contributed by atoms with Gasteiger partial charge in [-0.2, -0.15) is 0 Å². The van der Waals surface area contributed by atoms with Gasteiger partial charge in [-0.3, -0.25) is 4.79 Å². The Balaban J connectivity index is 0.00000300. The van der Waals surface area contributed by atoms with E-state index in [4.69, 9.17) is 4.74 Å². The van der Waals surface area contributed by atoms with E-state index in [1.54, 1.807) is 0 Å². The van der Waals surface area contributed by atoms with Gasteiger partial charge in [0.25, 0.3) is 0 Å². The lowest BCUT2D eigenvalue weighted by molar-refractivity contribution is -0.143. The zero-order valence-corrected chi connectivity index (χ0v) is 17.9. The van der Waals surface area contributed by atoms with Crippen LogP contribution in [0.4, 0.5) is 0 Å². The van der Waals surface area contributed by atoms with Crippen molar-refractivity contribution in [2.75, 3.05) is 32.8 Å². The second-order valence-corrected chi connectivity index (χ2v) is 7.70. The summed E-state index contributed by atoms with van der Waals surface area (Å²) in [5.41, 5.74) is 3.99. The molecule has 2 aromatic carbocycles. The SMILES string of the molecule is Cc1ccccc1C(CCOCCN1CCCC(C(=O)O)C1)c1ccccc1.Cl. The molecule has 1 saturated heterocycles. The first-order valence-corrected chi connectivity index (χ1v) is 10.3. The van der Waals surface area contributed by atoms with Crippen molar-refractivity contribution in [3.8, 4) is 0 Å². The standard InChI is InChI=1S/C24H31NO3.ClH/c1-19-8-5-6-12-22(19)23(20-9-3-2-4-10-20)13-16-28-17-15-25-14-7-11-21(18-25)24(26)27;/h2-6,8-10,12,21,23H,7,11,13-18H2,1H3,(H,26,27);1H. The van der Waals surface area contributed by atoms with Crippen LogP contribution in [0.1, 0.15) is 41.9 Å². The van der Waals surface area contributed by atoms with Gasteiger partial charge in [-0.1, -0.05) is 54.6 Å². The van der Waals surface area contributed by atoms with E-state index < -0.39 is 5.97 Å². The number of nitrogens with zero attached hydrogens (tertiary/aromatic N) is 1. The van der Waals surface area contributed by atoms with Gasteiger partial charge in [-0.05, 0) is 49.4 Å². The first kappa shape index (κ1) is 23.4. The first-order valence-electron chi connectivity index (χ1n) is 10.3. The maximum absolute atomic E-state index is 11.2. The minimum absolute atomic E-state index is 0. The quantitative estimate of drug-likeness (QED) is 0.598. The highest BCUT2D eigenvalue weighted by molar-refractivity contribution is 5.85. The Morgan fingerprint density at radius 3 is 2.59 bits per heavy atom. The van der Waals surface area contributed by atoms with Crippen LogP contribution in [0.3, 0.4) is 0 Å². The van der Waals surface area contributed by atoms with Crippen LogP contribution in [0.5, 0.6) is 0 Å². The summed E-state index contributed by atoms with van der Waals surface area (Å²) in [6.07, 6.45) is 2.69. The molecule has 0 radical (unpaired) electrons. The van der Waals surface area contributed by atoms with Crippen LogP contribution in [0.25, 0.3) is 0 Å². The molecule has 2 atom stereocenters. The third kappa shape index (κ3) is 6.84. The number of aliphatic carboxylic acids is 1. The fourth-order valence-electron chi connectivity index (χ4n) is 4.12. The molecule has 0 aliphatic carbocycles. The molecule has 4 nitrogen and oxygen atoms in total. The van der Waals surface area contributed by atoms with Crippen molar-refractivity contribution >= 4 is 18.4 Å². The van der Waals surface area contributed by atoms with Crippen molar-refractivity contribution in [2.24, 2.45) is 5.92 Å². The third-order valence-electron chi connectivity index (χ3n) is 5.72. The van der Waals surface area contributed by atoms with E-state index in [1.807, 2.05) is 0 Å². The molecule has 2 unspecified atom stereocenters. The molecule has 0 aromatic heterocycles. The minimum Gasteiger partial charge on any atom is -0.481 e. The van der Waals surface area contributed by atoms with Gasteiger partial charge in [-0.25, -0.2) is 0 Å². The van der Waals surface area contributed by atoms with E-state index in [0.717, 1.165) is 32.4 Å². The van der Waals surface area contributed by atoms with Crippen LogP contribution in [-0.4, -0.2) is 48.8 Å². The third-order valence-corrected chi connectivity index (χ3v) is 5.72. The van der Waals surface area contributed by atoms with Crippen molar-refractivity contribution in [3.63, 3.8) is 0 Å². The Hall–Kier alpha value is -1.88. The van der Waals surface area contributed by atoms with Gasteiger partial charge in [0, 0.05) is 25.6 Å². The van der Waals surface area contributed by atoms with Crippen LogP contribution >= 0.6 is 12.4 Å². The monoisotopic (exact) mass is 417 g/mol. The molecule has 29 heavy (non-hydrogen) atoms. The van der Waals surface area contributed by atoms with E-state index in [9.17, 15) is 9.90 Å². The summed E-state index contributed by atoms with van der Waals surface area (Å²) in [6, 6.07) is 19.2. The van der Waals surface area contributed by atoms with Crippen LogP contribution in [-0.2, 0) is 9.53 Å². The van der Waals surface area contributed by atoms with Gasteiger partial charge in [0.05, 0.1) is 12.5 Å². The average Bonchev–Trinajstić information content (AvgIpc) is 2.72. The predicted octanol–water partition coefficient (Wildman–Crippen LogP) is 4.75. The number of halogens is 1. The molecular weight excluding hydrogens is 386 g/mol. The van der Waals surface area contributed by atoms with Gasteiger partial charge < -0.3 is 14.7 Å². The van der Waals surface area contributed by atoms with Gasteiger partial charge >= 0.3 is 5.97 Å². The van der Waals surface area contributed by atoms with E-state index in [1.165, 1.54) is 16.7 Å². The second-order valence-electron chi connectivity index (χ2n) is 7.70. The molecule has 5 heteroatoms. The van der Waals surface area contributed by atoms with Crippen molar-refractivity contribution < 1.29 is 14.6 Å². The number of hydrogen-bond donors (Lipinski definition) is 1. The highest BCUT2D eigenvalue weighted by Gasteiger charge is 2.25. The van der Waals surface area contributed by atoms with E-state index >= 15 is 0 Å². The number of piperidine rings is 1. The van der Waals surface area contributed by atoms with Gasteiger partial charge in [0.1, 0.15) is 0 Å². The summed E-state index contributed by atoms with van der Waals surface area (Å²) in [6.45, 7) is 5.95. The lowest BCUT2D eigenvalue weighted by Crippen LogP contribution is -2.40. The molecule has 1 aliphatic heterocycles. The Morgan fingerprint density at radius 1 is 1.14 bits per heavy atom. The summed E-state index contributed by atoms with van der Waals surface area (Å²) in [7, 11) is 0. The number of hydrogen-bond acceptors (Lipinski definition) is 3. The highest BCUT2D eigenvalue weighted by atomic mass is 35.5. The number of carboxylic acid groups (broad SMARTS) is 1. The summed E-state index contributed by atoms with van der Waals surface area (Å²) in [5.74, 6) is -0.569. The van der Waals surface area contributed by atoms with E-state index in [0.29, 0.717) is 25.7 Å². The van der Waals surface area contributed by atoms with Gasteiger partial charge in [-0.15, -0.1) is 12.4 Å². The minimum atomic E-state index is -0.672. The molecule has 0 saturated carbocycles. The Bertz CT molecular complexity index is 753. The smallest absolute Gasteiger partial charge is 0.307 e. The summed E-state index contributed by atoms with van der Waals surface area (Å²) in [5, 5.41) is 9.21. The maximum Gasteiger partial charge on any atom is 0.307 e. The molecule has 3 rings (SSSR count). The van der Waals surface area contributed by atoms with E-state index in [2.05, 4.69) is 66.4 Å². The molecule has 1 aliphatic rings. The average molecular weight is 418 g/mol. The van der Waals surface area contributed by atoms with Gasteiger partial charge in [0.15, 0.2) is 0 Å². The second kappa shape index (κ2) is 12.0. The fourth-order valence-corrected chi connectivity index (χ4v) is 4.12. The molecule has 1 N–H and O–H groups in total. The molecule has 2 aromatic rings. The van der Waals surface area contributed by atoms with E-state index in [-0.39, 0.29) is 18.3 Å². The largest absolute Gasteiger partial charge is 0.481 e. The zero-order valence-electron chi connectivity index (χ0n) is 17.1. The van der Waals surface area contributed by atoms with Crippen LogP contribution in [0.2, 0.25) is 0 Å². The maximum atomic E-state index is 11.2. The molecule has 0 bridgehead atoms. The van der Waals surface area contributed by atoms with Crippen LogP contribution in [0, 0.1) is 12.8 Å².